The van der Waals surface area contributed by atoms with Gasteiger partial charge in [0.15, 0.2) is 17.5 Å². The van der Waals surface area contributed by atoms with E-state index in [1.165, 1.54) is 0 Å². The Morgan fingerprint density at radius 2 is 0.576 bits per heavy atom. The molecule has 7 nitrogen and oxygen atoms in total. The SMILES string of the molecule is CC1(C)N=C(c2ccc(-c3nc(-c4ccc(C5=NC(C)(C)C(C)(C)N5c5ccccc5)cc4)nc(-c4cc(-c5ccccc5)cc(-c5ccccc5)c4)n3)cc2)N(c2ccccc2)C1(C)C. The van der Waals surface area contributed by atoms with Crippen molar-refractivity contribution in [3.63, 3.8) is 0 Å². The Labute approximate surface area is 389 Å². The maximum Gasteiger partial charge on any atom is 0.164 e. The largest absolute Gasteiger partial charge is 0.318 e. The number of rotatable bonds is 9. The van der Waals surface area contributed by atoms with Crippen molar-refractivity contribution in [2.75, 3.05) is 9.80 Å². The van der Waals surface area contributed by atoms with Gasteiger partial charge < -0.3 is 9.80 Å². The summed E-state index contributed by atoms with van der Waals surface area (Å²) in [5, 5.41) is 0. The van der Waals surface area contributed by atoms with Crippen LogP contribution in [0, 0.1) is 0 Å². The van der Waals surface area contributed by atoms with Gasteiger partial charge in [-0.05, 0) is 120 Å². The minimum Gasteiger partial charge on any atom is -0.318 e. The second-order valence-electron chi connectivity index (χ2n) is 19.4. The number of aliphatic imine (C=N–C) groups is 2. The molecule has 2 aliphatic heterocycles. The molecule has 1 aromatic heterocycles. The first-order valence-corrected chi connectivity index (χ1v) is 22.8. The normalized spacial score (nSPS) is 16.8. The molecule has 0 fully saturated rings. The Morgan fingerprint density at radius 3 is 0.924 bits per heavy atom. The molecule has 8 aromatic rings. The van der Waals surface area contributed by atoms with Crippen LogP contribution in [0.4, 0.5) is 11.4 Å². The molecule has 0 spiro atoms. The number of anilines is 2. The number of nitrogens with zero attached hydrogens (tertiary/aromatic N) is 7. The second kappa shape index (κ2) is 16.2. The quantitative estimate of drug-likeness (QED) is 0.145. The van der Waals surface area contributed by atoms with Gasteiger partial charge >= 0.3 is 0 Å². The molecule has 10 rings (SSSR count). The lowest BCUT2D eigenvalue weighted by Crippen LogP contribution is -2.53. The standard InChI is InChI=1S/C59H55N7/c1-56(2)58(5,6)65(49-25-17-11-18-26-49)54(63-56)44-33-29-42(30-34-44)51-60-52(43-31-35-45(36-32-43)55-64-57(3,4)59(7,8)66(55)50-27-19-12-20-28-50)62-53(61-51)48-38-46(40-21-13-9-14-22-40)37-47(39-48)41-23-15-10-16-24-41/h9-39H,1-8H3. The summed E-state index contributed by atoms with van der Waals surface area (Å²) < 4.78 is 0. The predicted octanol–water partition coefficient (Wildman–Crippen LogP) is 13.9. The molecule has 3 heterocycles. The molecular formula is C59H55N7. The molecule has 7 aromatic carbocycles. The summed E-state index contributed by atoms with van der Waals surface area (Å²) in [4.78, 5) is 31.2. The van der Waals surface area contributed by atoms with Gasteiger partial charge in [-0.1, -0.05) is 146 Å². The van der Waals surface area contributed by atoms with E-state index in [4.69, 9.17) is 24.9 Å². The number of benzene rings is 7. The van der Waals surface area contributed by atoms with E-state index in [0.717, 1.165) is 73.1 Å². The van der Waals surface area contributed by atoms with E-state index in [0.29, 0.717) is 17.5 Å². The van der Waals surface area contributed by atoms with Gasteiger partial charge in [-0.15, -0.1) is 0 Å². The van der Waals surface area contributed by atoms with E-state index in [-0.39, 0.29) is 22.2 Å². The van der Waals surface area contributed by atoms with E-state index < -0.39 is 0 Å². The van der Waals surface area contributed by atoms with Crippen LogP contribution in [0.15, 0.2) is 198 Å². The average molecular weight is 862 g/mol. The predicted molar refractivity (Wildman–Crippen MR) is 274 cm³/mol. The van der Waals surface area contributed by atoms with Crippen molar-refractivity contribution >= 4 is 23.0 Å². The lowest BCUT2D eigenvalue weighted by atomic mass is 9.83. The Bertz CT molecular complexity index is 2900. The summed E-state index contributed by atoms with van der Waals surface area (Å²) in [5.74, 6) is 3.65. The summed E-state index contributed by atoms with van der Waals surface area (Å²) >= 11 is 0. The van der Waals surface area contributed by atoms with Crippen molar-refractivity contribution in [2.45, 2.75) is 77.5 Å². The third kappa shape index (κ3) is 7.48. The van der Waals surface area contributed by atoms with Crippen LogP contribution in [0.5, 0.6) is 0 Å². The number of aromatic nitrogens is 3. The first-order valence-electron chi connectivity index (χ1n) is 22.8. The van der Waals surface area contributed by atoms with E-state index in [1.54, 1.807) is 0 Å². The molecule has 0 radical (unpaired) electrons. The number of para-hydroxylation sites is 2. The summed E-state index contributed by atoms with van der Waals surface area (Å²) in [6.45, 7) is 17.9. The first kappa shape index (κ1) is 42.4. The van der Waals surface area contributed by atoms with Crippen LogP contribution in [-0.2, 0) is 0 Å². The monoisotopic (exact) mass is 861 g/mol. The van der Waals surface area contributed by atoms with Crippen LogP contribution >= 0.6 is 0 Å². The molecule has 0 N–H and O–H groups in total. The highest BCUT2D eigenvalue weighted by molar-refractivity contribution is 6.14. The van der Waals surface area contributed by atoms with Crippen LogP contribution in [0.3, 0.4) is 0 Å². The lowest BCUT2D eigenvalue weighted by Gasteiger charge is -2.41. The lowest BCUT2D eigenvalue weighted by molar-refractivity contribution is 0.338. The Kier molecular flexibility index (Phi) is 10.4. The Morgan fingerprint density at radius 1 is 0.288 bits per heavy atom. The zero-order valence-electron chi connectivity index (χ0n) is 39.0. The zero-order chi connectivity index (χ0) is 45.8. The van der Waals surface area contributed by atoms with Gasteiger partial charge in [0, 0.05) is 39.2 Å². The maximum absolute atomic E-state index is 5.34. The van der Waals surface area contributed by atoms with E-state index in [2.05, 4.69) is 241 Å². The van der Waals surface area contributed by atoms with Gasteiger partial charge in [-0.2, -0.15) is 0 Å². The van der Waals surface area contributed by atoms with Crippen LogP contribution in [0.25, 0.3) is 56.4 Å². The fraction of sp³-hybridized carbons (Fsp3) is 0.203. The minimum atomic E-state index is -0.325. The number of hydrogen-bond donors (Lipinski definition) is 0. The fourth-order valence-electron chi connectivity index (χ4n) is 9.06. The topological polar surface area (TPSA) is 69.9 Å². The molecular weight excluding hydrogens is 807 g/mol. The van der Waals surface area contributed by atoms with E-state index in [9.17, 15) is 0 Å². The molecule has 7 heteroatoms. The van der Waals surface area contributed by atoms with Crippen LogP contribution in [0.2, 0.25) is 0 Å². The summed E-state index contributed by atoms with van der Waals surface area (Å²) in [5.41, 5.74) is 10.2. The molecule has 0 bridgehead atoms. The van der Waals surface area contributed by atoms with Crippen molar-refractivity contribution in [1.82, 2.24) is 15.0 Å². The second-order valence-corrected chi connectivity index (χ2v) is 19.4. The molecule has 0 saturated heterocycles. The summed E-state index contributed by atoms with van der Waals surface area (Å²) in [6, 6.07) is 65.7. The highest BCUT2D eigenvalue weighted by Crippen LogP contribution is 2.44. The van der Waals surface area contributed by atoms with E-state index in [1.807, 2.05) is 12.1 Å². The van der Waals surface area contributed by atoms with Gasteiger partial charge in [0.05, 0.1) is 22.2 Å². The summed E-state index contributed by atoms with van der Waals surface area (Å²) in [6.07, 6.45) is 0. The van der Waals surface area contributed by atoms with Crippen molar-refractivity contribution in [1.29, 1.82) is 0 Å². The average Bonchev–Trinajstić information content (AvgIpc) is 3.66. The molecule has 0 amide bonds. The van der Waals surface area contributed by atoms with Crippen molar-refractivity contribution in [3.8, 4) is 56.4 Å². The van der Waals surface area contributed by atoms with Crippen molar-refractivity contribution in [2.24, 2.45) is 9.98 Å². The van der Waals surface area contributed by atoms with Gasteiger partial charge in [-0.3, -0.25) is 9.98 Å². The highest BCUT2D eigenvalue weighted by atomic mass is 15.3. The number of hydrogen-bond acceptors (Lipinski definition) is 7. The third-order valence-corrected chi connectivity index (χ3v) is 14.2. The van der Waals surface area contributed by atoms with Crippen LogP contribution in [-0.4, -0.2) is 48.8 Å². The summed E-state index contributed by atoms with van der Waals surface area (Å²) in [7, 11) is 0. The molecule has 0 saturated carbocycles. The maximum atomic E-state index is 5.34. The van der Waals surface area contributed by atoms with Crippen LogP contribution in [0.1, 0.15) is 66.5 Å². The molecule has 0 unspecified atom stereocenters. The van der Waals surface area contributed by atoms with Crippen LogP contribution < -0.4 is 9.80 Å². The fourth-order valence-corrected chi connectivity index (χ4v) is 9.06. The molecule has 2 aliphatic rings. The van der Waals surface area contributed by atoms with Gasteiger partial charge in [0.2, 0.25) is 0 Å². The Balaban J connectivity index is 1.09. The van der Waals surface area contributed by atoms with Crippen molar-refractivity contribution < 1.29 is 0 Å². The minimum absolute atomic E-state index is 0.264. The van der Waals surface area contributed by atoms with E-state index >= 15 is 0 Å². The molecule has 66 heavy (non-hydrogen) atoms. The van der Waals surface area contributed by atoms with Crippen molar-refractivity contribution in [3.05, 3.63) is 199 Å². The Hall–Kier alpha value is -7.51. The highest BCUT2D eigenvalue weighted by Gasteiger charge is 2.51. The number of amidine groups is 2. The van der Waals surface area contributed by atoms with Gasteiger partial charge in [0.25, 0.3) is 0 Å². The van der Waals surface area contributed by atoms with Gasteiger partial charge in [0.1, 0.15) is 11.7 Å². The smallest absolute Gasteiger partial charge is 0.164 e. The first-order chi connectivity index (χ1) is 31.7. The van der Waals surface area contributed by atoms with Gasteiger partial charge in [-0.25, -0.2) is 15.0 Å². The molecule has 0 atom stereocenters. The molecule has 0 aliphatic carbocycles. The zero-order valence-corrected chi connectivity index (χ0v) is 39.0. The third-order valence-electron chi connectivity index (χ3n) is 14.2. The molecule has 326 valence electrons.